The summed E-state index contributed by atoms with van der Waals surface area (Å²) >= 11 is 1.74. The van der Waals surface area contributed by atoms with Gasteiger partial charge in [0.2, 0.25) is 0 Å². The van der Waals surface area contributed by atoms with Gasteiger partial charge in [-0.3, -0.25) is 0 Å². The lowest BCUT2D eigenvalue weighted by molar-refractivity contribution is 0.498. The molecule has 0 radical (unpaired) electrons. The van der Waals surface area contributed by atoms with E-state index in [4.69, 9.17) is 0 Å². The van der Waals surface area contributed by atoms with Crippen molar-refractivity contribution in [2.75, 3.05) is 24.5 Å². The zero-order valence-corrected chi connectivity index (χ0v) is 10.9. The van der Waals surface area contributed by atoms with Crippen LogP contribution in [0.4, 0.5) is 5.82 Å². The lowest BCUT2D eigenvalue weighted by Crippen LogP contribution is -2.50. The molecule has 0 aromatic carbocycles. The third kappa shape index (κ3) is 1.89. The minimum atomic E-state index is 0.488. The zero-order valence-electron chi connectivity index (χ0n) is 10.1. The van der Waals surface area contributed by atoms with Crippen LogP contribution in [0.5, 0.6) is 0 Å². The van der Waals surface area contributed by atoms with Crippen molar-refractivity contribution in [2.24, 2.45) is 0 Å². The van der Waals surface area contributed by atoms with Crippen LogP contribution in [0.2, 0.25) is 0 Å². The van der Waals surface area contributed by atoms with Crippen LogP contribution in [-0.4, -0.2) is 35.6 Å². The fourth-order valence-corrected chi connectivity index (χ4v) is 3.19. The largest absolute Gasteiger partial charge is 0.351 e. The van der Waals surface area contributed by atoms with E-state index in [1.165, 1.54) is 10.3 Å². The highest BCUT2D eigenvalue weighted by Gasteiger charge is 2.21. The summed E-state index contributed by atoms with van der Waals surface area (Å²) < 4.78 is 0. The average molecular weight is 248 g/mol. The van der Waals surface area contributed by atoms with Gasteiger partial charge in [-0.15, -0.1) is 11.3 Å². The quantitative estimate of drug-likeness (QED) is 0.835. The first-order chi connectivity index (χ1) is 8.25. The molecule has 1 fully saturated rings. The van der Waals surface area contributed by atoms with Gasteiger partial charge in [0, 0.05) is 30.6 Å². The van der Waals surface area contributed by atoms with Crippen molar-refractivity contribution in [2.45, 2.75) is 19.9 Å². The number of aromatic nitrogens is 2. The molecular weight excluding hydrogens is 232 g/mol. The first-order valence-electron chi connectivity index (χ1n) is 5.94. The third-order valence-corrected chi connectivity index (χ3v) is 4.16. The molecule has 90 valence electrons. The van der Waals surface area contributed by atoms with E-state index in [1.807, 2.05) is 0 Å². The Balaban J connectivity index is 2.09. The summed E-state index contributed by atoms with van der Waals surface area (Å²) in [6.07, 6.45) is 1.68. The molecule has 1 N–H and O–H groups in total. The minimum absolute atomic E-state index is 0.488. The van der Waals surface area contributed by atoms with Gasteiger partial charge in [0.25, 0.3) is 0 Å². The number of fused-ring (bicyclic) bond motifs is 1. The molecular formula is C12H16N4S. The first-order valence-corrected chi connectivity index (χ1v) is 6.76. The summed E-state index contributed by atoms with van der Waals surface area (Å²) in [6.45, 7) is 7.42. The molecule has 4 nitrogen and oxygen atoms in total. The molecule has 1 atom stereocenters. The molecule has 0 amide bonds. The van der Waals surface area contributed by atoms with Crippen molar-refractivity contribution in [3.05, 3.63) is 17.3 Å². The van der Waals surface area contributed by atoms with E-state index in [-0.39, 0.29) is 0 Å². The van der Waals surface area contributed by atoms with Crippen LogP contribution < -0.4 is 10.2 Å². The van der Waals surface area contributed by atoms with Crippen molar-refractivity contribution in [1.82, 2.24) is 15.3 Å². The Kier molecular flexibility index (Phi) is 2.72. The highest BCUT2D eigenvalue weighted by atomic mass is 32.1. The lowest BCUT2D eigenvalue weighted by atomic mass is 10.2. The van der Waals surface area contributed by atoms with Crippen LogP contribution in [0.3, 0.4) is 0 Å². The van der Waals surface area contributed by atoms with Crippen molar-refractivity contribution in [1.29, 1.82) is 0 Å². The van der Waals surface area contributed by atoms with E-state index < -0.39 is 0 Å². The molecule has 3 rings (SSSR count). The number of thiophene rings is 1. The highest BCUT2D eigenvalue weighted by molar-refractivity contribution is 7.18. The van der Waals surface area contributed by atoms with Crippen molar-refractivity contribution < 1.29 is 0 Å². The topological polar surface area (TPSA) is 41.0 Å². The second-order valence-electron chi connectivity index (χ2n) is 4.52. The Morgan fingerprint density at radius 2 is 2.35 bits per heavy atom. The van der Waals surface area contributed by atoms with Crippen molar-refractivity contribution in [3.63, 3.8) is 0 Å². The van der Waals surface area contributed by atoms with E-state index in [0.29, 0.717) is 6.04 Å². The summed E-state index contributed by atoms with van der Waals surface area (Å²) in [5.74, 6) is 1.09. The molecule has 1 aliphatic heterocycles. The van der Waals surface area contributed by atoms with Gasteiger partial charge in [-0.25, -0.2) is 9.97 Å². The molecule has 2 aromatic rings. The van der Waals surface area contributed by atoms with Gasteiger partial charge >= 0.3 is 0 Å². The van der Waals surface area contributed by atoms with Gasteiger partial charge in [-0.2, -0.15) is 0 Å². The van der Waals surface area contributed by atoms with Crippen LogP contribution in [0, 0.1) is 6.92 Å². The molecule has 0 saturated carbocycles. The molecule has 1 saturated heterocycles. The van der Waals surface area contributed by atoms with Crippen LogP contribution in [0.25, 0.3) is 10.2 Å². The Bertz CT molecular complexity index is 536. The van der Waals surface area contributed by atoms with Crippen molar-refractivity contribution >= 4 is 27.4 Å². The number of aryl methyl sites for hydroxylation is 1. The van der Waals surface area contributed by atoms with E-state index >= 15 is 0 Å². The molecule has 2 aromatic heterocycles. The highest BCUT2D eigenvalue weighted by Crippen LogP contribution is 2.30. The molecule has 3 heterocycles. The smallest absolute Gasteiger partial charge is 0.141 e. The fourth-order valence-electron chi connectivity index (χ4n) is 2.35. The minimum Gasteiger partial charge on any atom is -0.351 e. The molecule has 1 aliphatic rings. The standard InChI is InChI=1S/C12H16N4S/c1-8-6-13-3-4-16(8)11-10-5-9(2)17-12(10)15-7-14-11/h5,7-8,13H,3-4,6H2,1-2H3. The molecule has 0 spiro atoms. The Morgan fingerprint density at radius 1 is 1.47 bits per heavy atom. The molecule has 1 unspecified atom stereocenters. The summed E-state index contributed by atoms with van der Waals surface area (Å²) in [5.41, 5.74) is 0. The summed E-state index contributed by atoms with van der Waals surface area (Å²) in [4.78, 5) is 13.6. The number of hydrogen-bond donors (Lipinski definition) is 1. The maximum Gasteiger partial charge on any atom is 0.141 e. The molecule has 0 aliphatic carbocycles. The van der Waals surface area contributed by atoms with E-state index in [0.717, 1.165) is 30.3 Å². The Hall–Kier alpha value is -1.20. The first kappa shape index (κ1) is 10.9. The second kappa shape index (κ2) is 4.23. The van der Waals surface area contributed by atoms with Crippen molar-refractivity contribution in [3.8, 4) is 0 Å². The van der Waals surface area contributed by atoms with E-state index in [9.17, 15) is 0 Å². The van der Waals surface area contributed by atoms with Gasteiger partial charge in [-0.05, 0) is 19.9 Å². The molecule has 17 heavy (non-hydrogen) atoms. The van der Waals surface area contributed by atoms with Crippen LogP contribution in [0.15, 0.2) is 12.4 Å². The Morgan fingerprint density at radius 3 is 3.18 bits per heavy atom. The average Bonchev–Trinajstić information content (AvgIpc) is 2.70. The van der Waals surface area contributed by atoms with Crippen LogP contribution in [-0.2, 0) is 0 Å². The van der Waals surface area contributed by atoms with E-state index in [2.05, 4.69) is 40.1 Å². The van der Waals surface area contributed by atoms with Gasteiger partial charge in [0.1, 0.15) is 17.0 Å². The van der Waals surface area contributed by atoms with Gasteiger partial charge in [0.05, 0.1) is 5.39 Å². The summed E-state index contributed by atoms with van der Waals surface area (Å²) in [7, 11) is 0. The maximum atomic E-state index is 4.49. The lowest BCUT2D eigenvalue weighted by Gasteiger charge is -2.35. The molecule has 5 heteroatoms. The maximum absolute atomic E-state index is 4.49. The number of nitrogens with zero attached hydrogens (tertiary/aromatic N) is 3. The van der Waals surface area contributed by atoms with Gasteiger partial charge in [0.15, 0.2) is 0 Å². The van der Waals surface area contributed by atoms with Crippen LogP contribution in [0.1, 0.15) is 11.8 Å². The monoisotopic (exact) mass is 248 g/mol. The number of nitrogens with one attached hydrogen (secondary N) is 1. The van der Waals surface area contributed by atoms with Gasteiger partial charge < -0.3 is 10.2 Å². The number of hydrogen-bond acceptors (Lipinski definition) is 5. The number of piperazine rings is 1. The molecule has 0 bridgehead atoms. The second-order valence-corrected chi connectivity index (χ2v) is 5.75. The number of rotatable bonds is 1. The fraction of sp³-hybridized carbons (Fsp3) is 0.500. The normalized spacial score (nSPS) is 21.1. The predicted octanol–water partition coefficient (Wildman–Crippen LogP) is 1.80. The zero-order chi connectivity index (χ0) is 11.8. The summed E-state index contributed by atoms with van der Waals surface area (Å²) in [5, 5.41) is 4.60. The van der Waals surface area contributed by atoms with E-state index in [1.54, 1.807) is 17.7 Å². The third-order valence-electron chi connectivity index (χ3n) is 3.20. The predicted molar refractivity (Wildman–Crippen MR) is 71.8 cm³/mol. The number of anilines is 1. The Labute approximate surface area is 105 Å². The van der Waals surface area contributed by atoms with Gasteiger partial charge in [-0.1, -0.05) is 0 Å². The SMILES string of the molecule is Cc1cc2c(N3CCNCC3C)ncnc2s1. The van der Waals surface area contributed by atoms with Crippen LogP contribution >= 0.6 is 11.3 Å². The summed E-state index contributed by atoms with van der Waals surface area (Å²) in [6, 6.07) is 2.69.